The number of benzene rings is 1. The number of rotatable bonds is 9. The van der Waals surface area contributed by atoms with E-state index in [2.05, 4.69) is 68.6 Å². The molecular formula is C32H40N6O3. The fraction of sp³-hybridized carbons (Fsp3) is 0.375. The fourth-order valence-electron chi connectivity index (χ4n) is 5.44. The quantitative estimate of drug-likeness (QED) is 0.402. The second-order valence-electron chi connectivity index (χ2n) is 10.4. The zero-order valence-corrected chi connectivity index (χ0v) is 24.3. The molecule has 0 amide bonds. The summed E-state index contributed by atoms with van der Waals surface area (Å²) in [6.07, 6.45) is 7.31. The van der Waals surface area contributed by atoms with Gasteiger partial charge >= 0.3 is 0 Å². The van der Waals surface area contributed by atoms with Gasteiger partial charge in [-0.25, -0.2) is 0 Å². The van der Waals surface area contributed by atoms with E-state index in [9.17, 15) is 4.79 Å². The van der Waals surface area contributed by atoms with Gasteiger partial charge in [-0.2, -0.15) is 0 Å². The molecule has 0 atom stereocenters. The summed E-state index contributed by atoms with van der Waals surface area (Å²) >= 11 is 0. The normalized spacial score (nSPS) is 16.5. The minimum absolute atomic E-state index is 0.207. The van der Waals surface area contributed by atoms with Crippen LogP contribution in [0.4, 0.5) is 11.4 Å². The predicted octanol–water partition coefficient (Wildman–Crippen LogP) is 4.36. The SMILES string of the molecule is C=C(Nc1ccc(N2CCOCC2)cc1)c1c(/C=C(\C)N2CCN(CC)CC2)c(-c2cncc(OC)c2)c[nH]c1=O. The van der Waals surface area contributed by atoms with Gasteiger partial charge in [0.25, 0.3) is 5.56 Å². The second kappa shape index (κ2) is 13.1. The van der Waals surface area contributed by atoms with Gasteiger partial charge in [-0.3, -0.25) is 9.78 Å². The van der Waals surface area contributed by atoms with E-state index >= 15 is 0 Å². The largest absolute Gasteiger partial charge is 0.495 e. The molecular weight excluding hydrogens is 516 g/mol. The summed E-state index contributed by atoms with van der Waals surface area (Å²) < 4.78 is 10.9. The molecule has 9 nitrogen and oxygen atoms in total. The van der Waals surface area contributed by atoms with Gasteiger partial charge < -0.3 is 34.5 Å². The van der Waals surface area contributed by atoms with Gasteiger partial charge in [-0.15, -0.1) is 0 Å². The monoisotopic (exact) mass is 556 g/mol. The van der Waals surface area contributed by atoms with E-state index < -0.39 is 0 Å². The number of nitrogens with one attached hydrogen (secondary N) is 2. The van der Waals surface area contributed by atoms with Crippen LogP contribution in [-0.2, 0) is 4.74 Å². The maximum Gasteiger partial charge on any atom is 0.257 e. The summed E-state index contributed by atoms with van der Waals surface area (Å²) in [5.41, 5.74) is 6.42. The van der Waals surface area contributed by atoms with E-state index in [1.54, 1.807) is 25.7 Å². The van der Waals surface area contributed by atoms with Gasteiger partial charge in [0.2, 0.25) is 0 Å². The van der Waals surface area contributed by atoms with Crippen LogP contribution in [0.3, 0.4) is 0 Å². The zero-order chi connectivity index (χ0) is 28.8. The number of hydrogen-bond donors (Lipinski definition) is 2. The Labute approximate surface area is 242 Å². The van der Waals surface area contributed by atoms with E-state index in [0.717, 1.165) is 92.8 Å². The predicted molar refractivity (Wildman–Crippen MR) is 166 cm³/mol. The lowest BCUT2D eigenvalue weighted by molar-refractivity contribution is 0.122. The highest BCUT2D eigenvalue weighted by molar-refractivity contribution is 5.87. The molecule has 2 fully saturated rings. The number of ether oxygens (including phenoxy) is 2. The Bertz CT molecular complexity index is 1430. The Morgan fingerprint density at radius 1 is 1.12 bits per heavy atom. The molecule has 0 spiro atoms. The molecule has 0 radical (unpaired) electrons. The molecule has 2 aromatic heterocycles. The molecule has 2 N–H and O–H groups in total. The highest BCUT2D eigenvalue weighted by Gasteiger charge is 2.20. The first-order valence-corrected chi connectivity index (χ1v) is 14.3. The van der Waals surface area contributed by atoms with Crippen molar-refractivity contribution < 1.29 is 9.47 Å². The van der Waals surface area contributed by atoms with Crippen LogP contribution in [0, 0.1) is 0 Å². The van der Waals surface area contributed by atoms with Crippen LogP contribution < -0.4 is 20.5 Å². The molecule has 2 aliphatic rings. The Morgan fingerprint density at radius 2 is 1.85 bits per heavy atom. The second-order valence-corrected chi connectivity index (χ2v) is 10.4. The molecule has 4 heterocycles. The molecule has 41 heavy (non-hydrogen) atoms. The van der Waals surface area contributed by atoms with Crippen LogP contribution in [0.1, 0.15) is 25.0 Å². The van der Waals surface area contributed by atoms with Gasteiger partial charge in [0.1, 0.15) is 5.75 Å². The van der Waals surface area contributed by atoms with E-state index in [1.165, 1.54) is 0 Å². The summed E-state index contributed by atoms with van der Waals surface area (Å²) in [7, 11) is 1.62. The molecule has 5 rings (SSSR count). The van der Waals surface area contributed by atoms with Gasteiger partial charge in [0.15, 0.2) is 0 Å². The van der Waals surface area contributed by atoms with E-state index in [-0.39, 0.29) is 5.56 Å². The van der Waals surface area contributed by atoms with Crippen molar-refractivity contribution in [2.75, 3.05) is 76.4 Å². The third-order valence-corrected chi connectivity index (χ3v) is 7.91. The zero-order valence-electron chi connectivity index (χ0n) is 24.3. The van der Waals surface area contributed by atoms with Crippen molar-refractivity contribution in [2.24, 2.45) is 0 Å². The molecule has 2 saturated heterocycles. The number of H-pyrrole nitrogens is 1. The van der Waals surface area contributed by atoms with Crippen LogP contribution >= 0.6 is 0 Å². The molecule has 0 aliphatic carbocycles. The molecule has 2 aliphatic heterocycles. The van der Waals surface area contributed by atoms with Crippen molar-refractivity contribution in [3.05, 3.63) is 82.7 Å². The third-order valence-electron chi connectivity index (χ3n) is 7.91. The van der Waals surface area contributed by atoms with E-state index in [0.29, 0.717) is 17.0 Å². The molecule has 3 aromatic rings. The highest BCUT2D eigenvalue weighted by atomic mass is 16.5. The maximum absolute atomic E-state index is 13.4. The summed E-state index contributed by atoms with van der Waals surface area (Å²) in [5.74, 6) is 0.648. The number of morpholine rings is 1. The number of pyridine rings is 2. The molecule has 216 valence electrons. The Kier molecular flexibility index (Phi) is 9.06. The number of anilines is 2. The van der Waals surface area contributed by atoms with Gasteiger partial charge in [-0.05, 0) is 49.9 Å². The summed E-state index contributed by atoms with van der Waals surface area (Å²) in [6, 6.07) is 10.1. The van der Waals surface area contributed by atoms with Crippen molar-refractivity contribution >= 4 is 23.1 Å². The Morgan fingerprint density at radius 3 is 2.54 bits per heavy atom. The lowest BCUT2D eigenvalue weighted by Crippen LogP contribution is -2.45. The molecule has 0 saturated carbocycles. The first kappa shape index (κ1) is 28.4. The lowest BCUT2D eigenvalue weighted by Gasteiger charge is -2.36. The average molecular weight is 557 g/mol. The first-order chi connectivity index (χ1) is 20.0. The van der Waals surface area contributed by atoms with E-state index in [1.807, 2.05) is 18.2 Å². The molecule has 0 unspecified atom stereocenters. The smallest absolute Gasteiger partial charge is 0.257 e. The molecule has 9 heteroatoms. The number of hydrogen-bond acceptors (Lipinski definition) is 8. The van der Waals surface area contributed by atoms with Gasteiger partial charge in [-0.1, -0.05) is 13.5 Å². The van der Waals surface area contributed by atoms with Crippen LogP contribution in [-0.4, -0.2) is 85.9 Å². The molecule has 1 aromatic carbocycles. The average Bonchev–Trinajstić information content (AvgIpc) is 3.02. The van der Waals surface area contributed by atoms with Gasteiger partial charge in [0, 0.05) is 91.1 Å². The Hall–Kier alpha value is -4.08. The minimum Gasteiger partial charge on any atom is -0.495 e. The number of allylic oxidation sites excluding steroid dienone is 1. The highest BCUT2D eigenvalue weighted by Crippen LogP contribution is 2.32. The summed E-state index contributed by atoms with van der Waals surface area (Å²) in [4.78, 5) is 27.9. The summed E-state index contributed by atoms with van der Waals surface area (Å²) in [5, 5.41) is 3.39. The number of aromatic nitrogens is 2. The number of likely N-dealkylation sites (N-methyl/N-ethyl adjacent to an activating group) is 1. The maximum atomic E-state index is 13.4. The number of aromatic amines is 1. The Balaban J connectivity index is 1.49. The lowest BCUT2D eigenvalue weighted by atomic mass is 9.96. The van der Waals surface area contributed by atoms with Crippen molar-refractivity contribution in [3.63, 3.8) is 0 Å². The number of methoxy groups -OCH3 is 1. The van der Waals surface area contributed by atoms with E-state index in [4.69, 9.17) is 9.47 Å². The number of nitrogens with zero attached hydrogens (tertiary/aromatic N) is 4. The van der Waals surface area contributed by atoms with Crippen molar-refractivity contribution in [1.29, 1.82) is 0 Å². The van der Waals surface area contributed by atoms with Crippen LogP contribution in [0.2, 0.25) is 0 Å². The number of piperazine rings is 1. The van der Waals surface area contributed by atoms with Crippen molar-refractivity contribution in [3.8, 4) is 16.9 Å². The van der Waals surface area contributed by atoms with Crippen LogP contribution in [0.15, 0.2) is 66.0 Å². The van der Waals surface area contributed by atoms with Crippen molar-refractivity contribution in [2.45, 2.75) is 13.8 Å². The first-order valence-electron chi connectivity index (χ1n) is 14.3. The molecule has 0 bridgehead atoms. The topological polar surface area (TPSA) is 86.0 Å². The van der Waals surface area contributed by atoms with Gasteiger partial charge in [0.05, 0.1) is 32.1 Å². The fourth-order valence-corrected chi connectivity index (χ4v) is 5.44. The van der Waals surface area contributed by atoms with Crippen LogP contribution in [0.25, 0.3) is 22.9 Å². The summed E-state index contributed by atoms with van der Waals surface area (Å²) in [6.45, 7) is 16.8. The minimum atomic E-state index is -0.207. The van der Waals surface area contributed by atoms with Crippen LogP contribution in [0.5, 0.6) is 5.75 Å². The third kappa shape index (κ3) is 6.64. The standard InChI is InChI=1S/C32H40N6O3/c1-5-36-10-12-37(13-11-36)23(2)18-29-30(25-19-28(40-4)21-33-20-25)22-34-32(39)31(29)24(3)35-26-6-8-27(9-7-26)38-14-16-41-17-15-38/h6-9,18-22,35H,3,5,10-17H2,1-2,4H3,(H,34,39)/b23-18+. The van der Waals surface area contributed by atoms with Crippen molar-refractivity contribution in [1.82, 2.24) is 19.8 Å².